The second-order valence-corrected chi connectivity index (χ2v) is 5.68. The molecule has 1 amide bonds. The molecule has 0 aromatic rings. The molecule has 0 spiro atoms. The van der Waals surface area contributed by atoms with Gasteiger partial charge in [-0.15, -0.1) is 0 Å². The van der Waals surface area contributed by atoms with Crippen LogP contribution >= 0.6 is 0 Å². The van der Waals surface area contributed by atoms with E-state index in [1.165, 1.54) is 0 Å². The van der Waals surface area contributed by atoms with E-state index in [2.05, 4.69) is 19.2 Å². The second-order valence-electron chi connectivity index (χ2n) is 5.68. The van der Waals surface area contributed by atoms with Crippen LogP contribution in [0.4, 0.5) is 0 Å². The Balaban J connectivity index is 2.51. The predicted octanol–water partition coefficient (Wildman–Crippen LogP) is 1.19. The lowest BCUT2D eigenvalue weighted by atomic mass is 9.90. The van der Waals surface area contributed by atoms with Gasteiger partial charge < -0.3 is 19.9 Å². The zero-order valence-corrected chi connectivity index (χ0v) is 12.5. The third kappa shape index (κ3) is 4.76. The first kappa shape index (κ1) is 16.9. The van der Waals surface area contributed by atoms with Gasteiger partial charge in [-0.25, -0.2) is 4.79 Å². The van der Waals surface area contributed by atoms with E-state index in [1.54, 1.807) is 6.92 Å². The van der Waals surface area contributed by atoms with E-state index in [1.807, 2.05) is 0 Å². The van der Waals surface area contributed by atoms with E-state index in [0.29, 0.717) is 25.7 Å². The van der Waals surface area contributed by atoms with Crippen LogP contribution in [0.25, 0.3) is 0 Å². The third-order valence-corrected chi connectivity index (χ3v) is 3.55. The summed E-state index contributed by atoms with van der Waals surface area (Å²) in [5.74, 6) is -0.882. The van der Waals surface area contributed by atoms with E-state index in [0.717, 1.165) is 6.42 Å². The SMILES string of the molecule is CC(C)CCOC(C)C(=O)NC1(C(=O)O)CCOCC1. The highest BCUT2D eigenvalue weighted by Crippen LogP contribution is 2.21. The zero-order chi connectivity index (χ0) is 15.2. The zero-order valence-electron chi connectivity index (χ0n) is 12.5. The van der Waals surface area contributed by atoms with Crippen molar-refractivity contribution in [2.24, 2.45) is 5.92 Å². The summed E-state index contributed by atoms with van der Waals surface area (Å²) in [5.41, 5.74) is -1.22. The van der Waals surface area contributed by atoms with Crippen molar-refractivity contribution in [3.8, 4) is 0 Å². The normalized spacial score (nSPS) is 19.6. The number of carbonyl (C=O) groups excluding carboxylic acids is 1. The molecule has 1 atom stereocenters. The van der Waals surface area contributed by atoms with Gasteiger partial charge in [-0.3, -0.25) is 4.79 Å². The number of carboxylic acid groups (broad SMARTS) is 1. The molecular formula is C14H25NO5. The highest BCUT2D eigenvalue weighted by molar-refractivity contribution is 5.89. The van der Waals surface area contributed by atoms with Crippen LogP contribution in [0.3, 0.4) is 0 Å². The van der Waals surface area contributed by atoms with Crippen molar-refractivity contribution in [2.75, 3.05) is 19.8 Å². The Hall–Kier alpha value is -1.14. The van der Waals surface area contributed by atoms with Gasteiger partial charge in [0.2, 0.25) is 5.91 Å². The largest absolute Gasteiger partial charge is 0.480 e. The van der Waals surface area contributed by atoms with Crippen LogP contribution < -0.4 is 5.32 Å². The van der Waals surface area contributed by atoms with E-state index in [4.69, 9.17) is 9.47 Å². The first-order valence-corrected chi connectivity index (χ1v) is 7.12. The summed E-state index contributed by atoms with van der Waals surface area (Å²) in [4.78, 5) is 23.5. The topological polar surface area (TPSA) is 84.9 Å². The van der Waals surface area contributed by atoms with Crippen LogP contribution in [0.15, 0.2) is 0 Å². The van der Waals surface area contributed by atoms with Gasteiger partial charge in [-0.1, -0.05) is 13.8 Å². The van der Waals surface area contributed by atoms with Gasteiger partial charge in [-0.05, 0) is 19.3 Å². The Bertz CT molecular complexity index is 336. The minimum Gasteiger partial charge on any atom is -0.480 e. The minimum absolute atomic E-state index is 0.285. The summed E-state index contributed by atoms with van der Waals surface area (Å²) in [7, 11) is 0. The van der Waals surface area contributed by atoms with Crippen LogP contribution in [-0.4, -0.2) is 48.4 Å². The smallest absolute Gasteiger partial charge is 0.329 e. The number of ether oxygens (including phenoxy) is 2. The number of rotatable bonds is 7. The molecule has 1 saturated heterocycles. The van der Waals surface area contributed by atoms with Gasteiger partial charge in [0.25, 0.3) is 0 Å². The fourth-order valence-electron chi connectivity index (χ4n) is 2.01. The summed E-state index contributed by atoms with van der Waals surface area (Å²) >= 11 is 0. The molecule has 1 heterocycles. The standard InChI is InChI=1S/C14H25NO5/c1-10(2)4-7-20-11(3)12(16)15-14(13(17)18)5-8-19-9-6-14/h10-11H,4-9H2,1-3H3,(H,15,16)(H,17,18). The molecule has 6 nitrogen and oxygen atoms in total. The predicted molar refractivity (Wildman–Crippen MR) is 73.4 cm³/mol. The number of hydrogen-bond donors (Lipinski definition) is 2. The van der Waals surface area contributed by atoms with Crippen molar-refractivity contribution in [3.63, 3.8) is 0 Å². The van der Waals surface area contributed by atoms with Crippen LogP contribution in [0.1, 0.15) is 40.0 Å². The Morgan fingerprint density at radius 3 is 2.40 bits per heavy atom. The molecule has 20 heavy (non-hydrogen) atoms. The lowest BCUT2D eigenvalue weighted by molar-refractivity contribution is -0.154. The highest BCUT2D eigenvalue weighted by atomic mass is 16.5. The Morgan fingerprint density at radius 2 is 1.90 bits per heavy atom. The van der Waals surface area contributed by atoms with Crippen molar-refractivity contribution in [1.82, 2.24) is 5.32 Å². The summed E-state index contributed by atoms with van der Waals surface area (Å²) in [6.45, 7) is 6.98. The summed E-state index contributed by atoms with van der Waals surface area (Å²) in [6.07, 6.45) is 0.794. The first-order valence-electron chi connectivity index (χ1n) is 7.12. The molecule has 1 aliphatic rings. The summed E-state index contributed by atoms with van der Waals surface area (Å²) < 4.78 is 10.6. The number of carboxylic acids is 1. The maximum Gasteiger partial charge on any atom is 0.329 e. The molecule has 1 aliphatic heterocycles. The maximum atomic E-state index is 12.1. The van der Waals surface area contributed by atoms with Gasteiger partial charge in [0.1, 0.15) is 11.6 Å². The molecule has 1 fully saturated rings. The average molecular weight is 287 g/mol. The number of aliphatic carboxylic acids is 1. The fourth-order valence-corrected chi connectivity index (χ4v) is 2.01. The molecule has 0 saturated carbocycles. The molecule has 6 heteroatoms. The van der Waals surface area contributed by atoms with E-state index >= 15 is 0 Å². The van der Waals surface area contributed by atoms with E-state index < -0.39 is 17.6 Å². The van der Waals surface area contributed by atoms with Crippen molar-refractivity contribution in [1.29, 1.82) is 0 Å². The van der Waals surface area contributed by atoms with E-state index in [9.17, 15) is 14.7 Å². The van der Waals surface area contributed by atoms with Crippen LogP contribution in [0, 0.1) is 5.92 Å². The highest BCUT2D eigenvalue weighted by Gasteiger charge is 2.42. The van der Waals surface area contributed by atoms with Crippen LogP contribution in [0.2, 0.25) is 0 Å². The Kier molecular flexibility index (Phi) is 6.42. The molecule has 0 bridgehead atoms. The maximum absolute atomic E-state index is 12.1. The molecule has 0 radical (unpaired) electrons. The Morgan fingerprint density at radius 1 is 1.30 bits per heavy atom. The minimum atomic E-state index is -1.22. The van der Waals surface area contributed by atoms with Crippen LogP contribution in [0.5, 0.6) is 0 Å². The van der Waals surface area contributed by atoms with Gasteiger partial charge in [0, 0.05) is 32.7 Å². The lowest BCUT2D eigenvalue weighted by Gasteiger charge is -2.34. The lowest BCUT2D eigenvalue weighted by Crippen LogP contribution is -2.59. The van der Waals surface area contributed by atoms with Gasteiger partial charge in [-0.2, -0.15) is 0 Å². The van der Waals surface area contributed by atoms with Crippen molar-refractivity contribution in [2.45, 2.75) is 51.7 Å². The molecule has 2 N–H and O–H groups in total. The van der Waals surface area contributed by atoms with E-state index in [-0.39, 0.29) is 18.7 Å². The molecule has 1 rings (SSSR count). The molecule has 116 valence electrons. The van der Waals surface area contributed by atoms with Crippen molar-refractivity contribution >= 4 is 11.9 Å². The number of carbonyl (C=O) groups is 2. The number of hydrogen-bond acceptors (Lipinski definition) is 4. The summed E-state index contributed by atoms with van der Waals surface area (Å²) in [5, 5.41) is 12.0. The molecule has 0 aromatic heterocycles. The molecule has 0 aromatic carbocycles. The molecular weight excluding hydrogens is 262 g/mol. The second kappa shape index (κ2) is 7.59. The quantitative estimate of drug-likeness (QED) is 0.734. The molecule has 1 unspecified atom stereocenters. The van der Waals surface area contributed by atoms with Gasteiger partial charge >= 0.3 is 5.97 Å². The summed E-state index contributed by atoms with van der Waals surface area (Å²) in [6, 6.07) is 0. The number of amides is 1. The fraction of sp³-hybridized carbons (Fsp3) is 0.857. The Labute approximate surface area is 119 Å². The monoisotopic (exact) mass is 287 g/mol. The first-order chi connectivity index (χ1) is 9.37. The van der Waals surface area contributed by atoms with Gasteiger partial charge in [0.15, 0.2) is 0 Å². The third-order valence-electron chi connectivity index (χ3n) is 3.55. The van der Waals surface area contributed by atoms with Crippen molar-refractivity contribution in [3.05, 3.63) is 0 Å². The number of nitrogens with one attached hydrogen (secondary N) is 1. The molecule has 0 aliphatic carbocycles. The van der Waals surface area contributed by atoms with Crippen molar-refractivity contribution < 1.29 is 24.2 Å². The van der Waals surface area contributed by atoms with Crippen LogP contribution in [-0.2, 0) is 19.1 Å². The van der Waals surface area contributed by atoms with Gasteiger partial charge in [0.05, 0.1) is 0 Å². The average Bonchev–Trinajstić information content (AvgIpc) is 2.39.